The fourth-order valence-corrected chi connectivity index (χ4v) is 2.35. The van der Waals surface area contributed by atoms with Gasteiger partial charge >= 0.3 is 0 Å². The van der Waals surface area contributed by atoms with Crippen LogP contribution < -0.4 is 10.6 Å². The van der Waals surface area contributed by atoms with Crippen LogP contribution in [0, 0.1) is 5.92 Å². The predicted molar refractivity (Wildman–Crippen MR) is 58.1 cm³/mol. The summed E-state index contributed by atoms with van der Waals surface area (Å²) < 4.78 is 0. The van der Waals surface area contributed by atoms with Crippen molar-refractivity contribution in [3.63, 3.8) is 0 Å². The zero-order valence-corrected chi connectivity index (χ0v) is 9.34. The van der Waals surface area contributed by atoms with E-state index in [4.69, 9.17) is 0 Å². The fourth-order valence-electron chi connectivity index (χ4n) is 2.35. The predicted octanol–water partition coefficient (Wildman–Crippen LogP) is -0.988. The molecule has 18 heavy (non-hydrogen) atoms. The number of hydrogen-bond acceptors (Lipinski definition) is 5. The van der Waals surface area contributed by atoms with Crippen LogP contribution in [0.5, 0.6) is 0 Å². The van der Waals surface area contributed by atoms with Crippen molar-refractivity contribution in [2.45, 2.75) is 18.4 Å². The number of carbonyl (C=O) groups excluding carboxylic acids is 3. The van der Waals surface area contributed by atoms with E-state index in [9.17, 15) is 14.4 Å². The Morgan fingerprint density at radius 2 is 2.00 bits per heavy atom. The molecule has 0 unspecified atom stereocenters. The first-order valence-electron chi connectivity index (χ1n) is 5.53. The number of imide groups is 1. The molecule has 3 amide bonds. The van der Waals surface area contributed by atoms with Crippen LogP contribution in [0.1, 0.15) is 23.2 Å². The summed E-state index contributed by atoms with van der Waals surface area (Å²) in [5, 5.41) is 4.92. The van der Waals surface area contributed by atoms with E-state index in [1.807, 2.05) is 0 Å². The molecule has 2 saturated heterocycles. The van der Waals surface area contributed by atoms with E-state index in [0.29, 0.717) is 18.4 Å². The highest BCUT2D eigenvalue weighted by Crippen LogP contribution is 2.41. The van der Waals surface area contributed by atoms with Crippen molar-refractivity contribution in [1.82, 2.24) is 20.6 Å². The summed E-state index contributed by atoms with van der Waals surface area (Å²) in [5.74, 6) is -1.26. The summed E-state index contributed by atoms with van der Waals surface area (Å²) in [4.78, 5) is 42.4. The van der Waals surface area contributed by atoms with Gasteiger partial charge in [0.2, 0.25) is 5.91 Å². The van der Waals surface area contributed by atoms with Gasteiger partial charge in [-0.1, -0.05) is 0 Å². The standard InChI is InChI=1S/C11H10N4O3/c16-8-6-1-11(2-6,10(18)14-8)15-9(17)7-3-12-5-13-4-7/h3-6H,1-2H2,(H,15,17)(H,14,16,18). The van der Waals surface area contributed by atoms with Crippen LogP contribution in [-0.4, -0.2) is 33.2 Å². The summed E-state index contributed by atoms with van der Waals surface area (Å²) in [6.45, 7) is 0. The Balaban J connectivity index is 1.77. The molecule has 92 valence electrons. The first kappa shape index (κ1) is 10.8. The van der Waals surface area contributed by atoms with Crippen LogP contribution in [0.15, 0.2) is 18.7 Å². The molecule has 0 aromatic carbocycles. The second kappa shape index (κ2) is 3.59. The minimum atomic E-state index is -0.939. The highest BCUT2D eigenvalue weighted by molar-refractivity contribution is 6.09. The largest absolute Gasteiger partial charge is 0.337 e. The lowest BCUT2D eigenvalue weighted by Crippen LogP contribution is -2.73. The molecule has 7 nitrogen and oxygen atoms in total. The van der Waals surface area contributed by atoms with E-state index in [0.717, 1.165) is 0 Å². The molecule has 1 saturated carbocycles. The number of amides is 3. The molecule has 0 radical (unpaired) electrons. The molecule has 2 N–H and O–H groups in total. The molecule has 3 heterocycles. The third-order valence-corrected chi connectivity index (χ3v) is 3.41. The second-order valence-electron chi connectivity index (χ2n) is 4.59. The number of rotatable bonds is 2. The van der Waals surface area contributed by atoms with Gasteiger partial charge in [0.25, 0.3) is 11.8 Å². The summed E-state index contributed by atoms with van der Waals surface area (Å²) in [5.41, 5.74) is -0.647. The maximum absolute atomic E-state index is 11.9. The van der Waals surface area contributed by atoms with Crippen molar-refractivity contribution in [3.8, 4) is 0 Å². The van der Waals surface area contributed by atoms with Crippen LogP contribution in [0.2, 0.25) is 0 Å². The first-order chi connectivity index (χ1) is 8.61. The zero-order chi connectivity index (χ0) is 12.8. The van der Waals surface area contributed by atoms with Crippen LogP contribution in [0.4, 0.5) is 0 Å². The number of piperidine rings is 2. The second-order valence-corrected chi connectivity index (χ2v) is 4.59. The van der Waals surface area contributed by atoms with Gasteiger partial charge in [-0.2, -0.15) is 0 Å². The molecule has 4 rings (SSSR count). The molecule has 3 fully saturated rings. The Bertz CT molecular complexity index is 536. The van der Waals surface area contributed by atoms with Crippen LogP contribution >= 0.6 is 0 Å². The molecule has 0 atom stereocenters. The monoisotopic (exact) mass is 246 g/mol. The molecule has 1 aliphatic carbocycles. The fraction of sp³-hybridized carbons (Fsp3) is 0.364. The third-order valence-electron chi connectivity index (χ3n) is 3.41. The minimum Gasteiger partial charge on any atom is -0.337 e. The van der Waals surface area contributed by atoms with Gasteiger partial charge in [0.15, 0.2) is 0 Å². The Morgan fingerprint density at radius 3 is 2.61 bits per heavy atom. The Labute approximate surface area is 102 Å². The number of carbonyl (C=O) groups is 3. The number of aromatic nitrogens is 2. The molecule has 0 spiro atoms. The van der Waals surface area contributed by atoms with Crippen molar-refractivity contribution in [2.75, 3.05) is 0 Å². The van der Waals surface area contributed by atoms with E-state index in [2.05, 4.69) is 20.6 Å². The van der Waals surface area contributed by atoms with Gasteiger partial charge in [-0.3, -0.25) is 19.7 Å². The first-order valence-corrected chi connectivity index (χ1v) is 5.53. The molecular formula is C11H10N4O3. The topological polar surface area (TPSA) is 101 Å². The van der Waals surface area contributed by atoms with E-state index in [1.54, 1.807) is 0 Å². The normalized spacial score (nSPS) is 29.2. The number of nitrogens with zero attached hydrogens (tertiary/aromatic N) is 2. The number of nitrogens with one attached hydrogen (secondary N) is 2. The molecule has 7 heteroatoms. The van der Waals surface area contributed by atoms with Crippen molar-refractivity contribution in [1.29, 1.82) is 0 Å². The van der Waals surface area contributed by atoms with E-state index in [-0.39, 0.29) is 11.8 Å². The molecule has 2 bridgehead atoms. The summed E-state index contributed by atoms with van der Waals surface area (Å²) in [6.07, 6.45) is 4.82. The zero-order valence-electron chi connectivity index (χ0n) is 9.34. The lowest BCUT2D eigenvalue weighted by atomic mass is 9.64. The van der Waals surface area contributed by atoms with E-state index >= 15 is 0 Å². The summed E-state index contributed by atoms with van der Waals surface area (Å²) in [6, 6.07) is 0. The molecule has 1 aromatic heterocycles. The average molecular weight is 246 g/mol. The van der Waals surface area contributed by atoms with Gasteiger partial charge in [-0.25, -0.2) is 9.97 Å². The number of fused-ring (bicyclic) bond motifs is 2. The van der Waals surface area contributed by atoms with Gasteiger partial charge in [0.1, 0.15) is 11.9 Å². The van der Waals surface area contributed by atoms with Crippen molar-refractivity contribution >= 4 is 17.7 Å². The van der Waals surface area contributed by atoms with Gasteiger partial charge < -0.3 is 5.32 Å². The Morgan fingerprint density at radius 1 is 1.33 bits per heavy atom. The molecular weight excluding hydrogens is 236 g/mol. The van der Waals surface area contributed by atoms with Gasteiger partial charge in [0, 0.05) is 18.3 Å². The highest BCUT2D eigenvalue weighted by Gasteiger charge is 2.58. The lowest BCUT2D eigenvalue weighted by molar-refractivity contribution is -0.152. The summed E-state index contributed by atoms with van der Waals surface area (Å²) in [7, 11) is 0. The SMILES string of the molecule is O=C(NC12CC(C1)C(=O)NC2=O)c1cncnc1. The Kier molecular flexibility index (Phi) is 2.16. The molecule has 3 aliphatic rings. The molecule has 2 aliphatic heterocycles. The van der Waals surface area contributed by atoms with Gasteiger partial charge in [-0.15, -0.1) is 0 Å². The van der Waals surface area contributed by atoms with E-state index in [1.165, 1.54) is 18.7 Å². The summed E-state index contributed by atoms with van der Waals surface area (Å²) >= 11 is 0. The number of hydrogen-bond donors (Lipinski definition) is 2. The Hall–Kier alpha value is -2.31. The van der Waals surface area contributed by atoms with E-state index < -0.39 is 17.4 Å². The minimum absolute atomic E-state index is 0.171. The van der Waals surface area contributed by atoms with Gasteiger partial charge in [-0.05, 0) is 12.8 Å². The van der Waals surface area contributed by atoms with Crippen molar-refractivity contribution < 1.29 is 14.4 Å². The van der Waals surface area contributed by atoms with Crippen LogP contribution in [-0.2, 0) is 9.59 Å². The highest BCUT2D eigenvalue weighted by atomic mass is 16.2. The quantitative estimate of drug-likeness (QED) is 0.652. The van der Waals surface area contributed by atoms with Gasteiger partial charge in [0.05, 0.1) is 5.56 Å². The van der Waals surface area contributed by atoms with Crippen molar-refractivity contribution in [2.24, 2.45) is 5.92 Å². The maximum atomic E-state index is 11.9. The average Bonchev–Trinajstić information content (AvgIpc) is 2.32. The maximum Gasteiger partial charge on any atom is 0.255 e. The van der Waals surface area contributed by atoms with Crippen LogP contribution in [0.25, 0.3) is 0 Å². The van der Waals surface area contributed by atoms with Crippen molar-refractivity contribution in [3.05, 3.63) is 24.3 Å². The van der Waals surface area contributed by atoms with Crippen LogP contribution in [0.3, 0.4) is 0 Å². The lowest BCUT2D eigenvalue weighted by Gasteiger charge is -2.49. The smallest absolute Gasteiger partial charge is 0.255 e. The third kappa shape index (κ3) is 1.47. The molecule has 1 aromatic rings.